The second-order valence-electron chi connectivity index (χ2n) is 10.4. The van der Waals surface area contributed by atoms with Crippen LogP contribution in [0.25, 0.3) is 0 Å². The number of amides is 1. The maximum absolute atomic E-state index is 13.8. The predicted octanol–water partition coefficient (Wildman–Crippen LogP) is 2.93. The monoisotopic (exact) mass is 391 g/mol. The second kappa shape index (κ2) is 5.98. The topological polar surface area (TPSA) is 67.6 Å². The van der Waals surface area contributed by atoms with Gasteiger partial charge < -0.3 is 14.9 Å². The molecule has 4 aliphatic carbocycles. The molecule has 2 heterocycles. The first-order valence-electron chi connectivity index (χ1n) is 11.3. The summed E-state index contributed by atoms with van der Waals surface area (Å²) in [7, 11) is 0. The molecular formula is C24H29N3O2. The highest BCUT2D eigenvalue weighted by Crippen LogP contribution is 2.63. The minimum absolute atomic E-state index is 0.0365. The van der Waals surface area contributed by atoms with Crippen LogP contribution in [0.1, 0.15) is 50.5 Å². The van der Waals surface area contributed by atoms with Gasteiger partial charge in [0, 0.05) is 30.9 Å². The van der Waals surface area contributed by atoms with E-state index < -0.39 is 0 Å². The van der Waals surface area contributed by atoms with E-state index in [0.29, 0.717) is 29.2 Å². The fourth-order valence-electron chi connectivity index (χ4n) is 7.80. The molecular weight excluding hydrogens is 362 g/mol. The average Bonchev–Trinajstić information content (AvgIpc) is 3.28. The molecule has 4 saturated carbocycles. The van der Waals surface area contributed by atoms with E-state index in [4.69, 9.17) is 5.26 Å². The molecule has 1 aromatic carbocycles. The predicted molar refractivity (Wildman–Crippen MR) is 109 cm³/mol. The molecule has 1 spiro atoms. The number of carbonyl (C=O) groups is 1. The van der Waals surface area contributed by atoms with Gasteiger partial charge in [0.2, 0.25) is 5.91 Å². The zero-order chi connectivity index (χ0) is 19.8. The molecule has 6 fully saturated rings. The summed E-state index contributed by atoms with van der Waals surface area (Å²) in [5.74, 6) is 1.86. The molecule has 29 heavy (non-hydrogen) atoms. The number of aliphatic hydroxyl groups excluding tert-OH is 1. The van der Waals surface area contributed by atoms with Gasteiger partial charge in [-0.1, -0.05) is 0 Å². The summed E-state index contributed by atoms with van der Waals surface area (Å²) >= 11 is 0. The molecule has 0 aromatic heterocycles. The molecule has 2 saturated heterocycles. The number of likely N-dealkylation sites (tertiary alicyclic amines) is 1. The number of hydrogen-bond acceptors (Lipinski definition) is 4. The first-order chi connectivity index (χ1) is 14.0. The van der Waals surface area contributed by atoms with E-state index >= 15 is 0 Å². The van der Waals surface area contributed by atoms with Crippen molar-refractivity contribution in [3.8, 4) is 6.07 Å². The van der Waals surface area contributed by atoms with Crippen LogP contribution in [0, 0.1) is 34.5 Å². The van der Waals surface area contributed by atoms with Gasteiger partial charge in [-0.25, -0.2) is 0 Å². The van der Waals surface area contributed by atoms with Crippen LogP contribution in [0.3, 0.4) is 0 Å². The van der Waals surface area contributed by atoms with Gasteiger partial charge in [0.25, 0.3) is 0 Å². The summed E-state index contributed by atoms with van der Waals surface area (Å²) in [6, 6.07) is 9.96. The number of piperidine rings is 1. The van der Waals surface area contributed by atoms with Crippen LogP contribution >= 0.6 is 0 Å². The van der Waals surface area contributed by atoms with E-state index in [-0.39, 0.29) is 17.1 Å². The zero-order valence-electron chi connectivity index (χ0n) is 16.9. The Balaban J connectivity index is 1.24. The van der Waals surface area contributed by atoms with Crippen molar-refractivity contribution in [2.45, 2.75) is 56.6 Å². The van der Waals surface area contributed by atoms with Crippen LogP contribution in [0.5, 0.6) is 0 Å². The van der Waals surface area contributed by atoms with Crippen LogP contribution in [0.2, 0.25) is 0 Å². The lowest BCUT2D eigenvalue weighted by Crippen LogP contribution is -2.56. The quantitative estimate of drug-likeness (QED) is 0.842. The summed E-state index contributed by atoms with van der Waals surface area (Å²) in [6.07, 6.45) is 7.20. The van der Waals surface area contributed by atoms with E-state index in [1.54, 1.807) is 0 Å². The Morgan fingerprint density at radius 2 is 1.86 bits per heavy atom. The normalized spacial score (nSPS) is 42.8. The minimum atomic E-state index is -0.251. The Morgan fingerprint density at radius 1 is 1.07 bits per heavy atom. The maximum atomic E-state index is 13.8. The van der Waals surface area contributed by atoms with Crippen molar-refractivity contribution < 1.29 is 9.90 Å². The summed E-state index contributed by atoms with van der Waals surface area (Å²) in [6.45, 7) is 2.66. The van der Waals surface area contributed by atoms with E-state index in [1.165, 1.54) is 6.42 Å². The van der Waals surface area contributed by atoms with Crippen molar-refractivity contribution in [1.29, 1.82) is 5.26 Å². The summed E-state index contributed by atoms with van der Waals surface area (Å²) in [5, 5.41) is 19.6. The summed E-state index contributed by atoms with van der Waals surface area (Å²) in [5.41, 5.74) is 1.58. The number of nitriles is 1. The average molecular weight is 392 g/mol. The standard InChI is InChI=1S/C24H29N3O2/c25-14-16-2-4-19(5-3-16)26-8-1-6-23(15-26)7-9-27(22(23)29)24-11-17-10-18(12-24)21(28)20(17)13-24/h2-5,17-18,20-21,28H,1,6-13,15H2/t17?,18?,20?,21?,23-,24?/m1/s1. The Hall–Kier alpha value is -2.06. The highest BCUT2D eigenvalue weighted by molar-refractivity contribution is 5.87. The lowest BCUT2D eigenvalue weighted by Gasteiger charge is -2.48. The van der Waals surface area contributed by atoms with E-state index in [1.807, 2.05) is 24.3 Å². The molecule has 1 aromatic rings. The van der Waals surface area contributed by atoms with Gasteiger partial charge in [-0.2, -0.15) is 5.26 Å². The Labute approximate surface area is 172 Å². The second-order valence-corrected chi connectivity index (χ2v) is 10.4. The molecule has 152 valence electrons. The van der Waals surface area contributed by atoms with Gasteiger partial charge in [-0.3, -0.25) is 4.79 Å². The van der Waals surface area contributed by atoms with Gasteiger partial charge in [-0.05, 0) is 87.0 Å². The van der Waals surface area contributed by atoms with E-state index in [9.17, 15) is 9.90 Å². The first-order valence-corrected chi connectivity index (χ1v) is 11.3. The van der Waals surface area contributed by atoms with Crippen molar-refractivity contribution in [3.63, 3.8) is 0 Å². The molecule has 1 N–H and O–H groups in total. The lowest BCUT2D eigenvalue weighted by atomic mass is 9.73. The number of nitrogens with zero attached hydrogens (tertiary/aromatic N) is 3. The van der Waals surface area contributed by atoms with E-state index in [2.05, 4.69) is 15.9 Å². The van der Waals surface area contributed by atoms with Crippen LogP contribution in [0.4, 0.5) is 5.69 Å². The molecule has 1 amide bonds. The zero-order valence-corrected chi connectivity index (χ0v) is 16.9. The SMILES string of the molecule is N#Cc1ccc(N2CCC[C@@]3(CCN(C45CC6CC(C4)C(C5)C6O)C3=O)C2)cc1. The number of carbonyl (C=O) groups excluding carboxylic acids is 1. The van der Waals surface area contributed by atoms with Gasteiger partial charge in [0.1, 0.15) is 0 Å². The number of benzene rings is 1. The minimum Gasteiger partial charge on any atom is -0.393 e. The molecule has 5 heteroatoms. The molecule has 5 nitrogen and oxygen atoms in total. The Bertz CT molecular complexity index is 888. The van der Waals surface area contributed by atoms with Crippen LogP contribution in [0.15, 0.2) is 24.3 Å². The highest BCUT2D eigenvalue weighted by atomic mass is 16.3. The highest BCUT2D eigenvalue weighted by Gasteiger charge is 2.65. The molecule has 2 aliphatic heterocycles. The molecule has 4 bridgehead atoms. The summed E-state index contributed by atoms with van der Waals surface area (Å²) < 4.78 is 0. The van der Waals surface area contributed by atoms with Gasteiger partial charge in [-0.15, -0.1) is 0 Å². The van der Waals surface area contributed by atoms with Crippen molar-refractivity contribution >= 4 is 11.6 Å². The third-order valence-electron chi connectivity index (χ3n) is 9.06. The molecule has 6 aliphatic rings. The molecule has 5 unspecified atom stereocenters. The molecule has 0 radical (unpaired) electrons. The third kappa shape index (κ3) is 2.39. The maximum Gasteiger partial charge on any atom is 0.231 e. The first kappa shape index (κ1) is 17.8. The number of rotatable bonds is 2. The Morgan fingerprint density at radius 3 is 2.59 bits per heavy atom. The fraction of sp³-hybridized carbons (Fsp3) is 0.667. The van der Waals surface area contributed by atoms with Gasteiger partial charge >= 0.3 is 0 Å². The summed E-state index contributed by atoms with van der Waals surface area (Å²) in [4.78, 5) is 18.5. The third-order valence-corrected chi connectivity index (χ3v) is 9.06. The number of anilines is 1. The van der Waals surface area contributed by atoms with Crippen LogP contribution in [-0.2, 0) is 4.79 Å². The van der Waals surface area contributed by atoms with Crippen molar-refractivity contribution in [3.05, 3.63) is 29.8 Å². The van der Waals surface area contributed by atoms with Crippen LogP contribution in [-0.4, -0.2) is 47.2 Å². The van der Waals surface area contributed by atoms with Crippen molar-refractivity contribution in [2.75, 3.05) is 24.5 Å². The van der Waals surface area contributed by atoms with Gasteiger partial charge in [0.15, 0.2) is 0 Å². The van der Waals surface area contributed by atoms with Crippen molar-refractivity contribution in [1.82, 2.24) is 4.90 Å². The van der Waals surface area contributed by atoms with E-state index in [0.717, 1.165) is 63.8 Å². The number of aliphatic hydroxyl groups is 1. The van der Waals surface area contributed by atoms with Crippen molar-refractivity contribution in [2.24, 2.45) is 23.2 Å². The smallest absolute Gasteiger partial charge is 0.231 e. The number of hydrogen-bond donors (Lipinski definition) is 1. The van der Waals surface area contributed by atoms with Gasteiger partial charge in [0.05, 0.1) is 23.2 Å². The lowest BCUT2D eigenvalue weighted by molar-refractivity contribution is -0.144. The Kier molecular flexibility index (Phi) is 3.66. The fourth-order valence-corrected chi connectivity index (χ4v) is 7.80. The van der Waals surface area contributed by atoms with Crippen LogP contribution < -0.4 is 4.90 Å². The molecule has 7 rings (SSSR count). The molecule has 6 atom stereocenters. The largest absolute Gasteiger partial charge is 0.393 e.